The van der Waals surface area contributed by atoms with Crippen molar-refractivity contribution in [2.24, 2.45) is 0 Å². The van der Waals surface area contributed by atoms with Crippen LogP contribution in [0.5, 0.6) is 0 Å². The van der Waals surface area contributed by atoms with Gasteiger partial charge in [0.25, 0.3) is 0 Å². The lowest BCUT2D eigenvalue weighted by Crippen LogP contribution is -2.11. The minimum absolute atomic E-state index is 0.0370. The second-order valence-corrected chi connectivity index (χ2v) is 2.24. The molecule has 1 heterocycles. The largest absolute Gasteiger partial charge is 0.353 e. The lowest BCUT2D eigenvalue weighted by atomic mass is 10.7. The van der Waals surface area contributed by atoms with Crippen molar-refractivity contribution in [2.75, 3.05) is 13.2 Å². The van der Waals surface area contributed by atoms with Crippen molar-refractivity contribution in [1.82, 2.24) is 10.2 Å². The van der Waals surface area contributed by atoms with Gasteiger partial charge in [-0.2, -0.15) is 5.10 Å². The molecule has 1 N–H and O–H groups in total. The van der Waals surface area contributed by atoms with Gasteiger partial charge in [0.05, 0.1) is 0 Å². The summed E-state index contributed by atoms with van der Waals surface area (Å²) >= 11 is 0. The highest BCUT2D eigenvalue weighted by Gasteiger charge is 1.94. The van der Waals surface area contributed by atoms with Gasteiger partial charge in [0.2, 0.25) is 0 Å². The topological polar surface area (TPSA) is 47.1 Å². The third-order valence-electron chi connectivity index (χ3n) is 1.21. The third kappa shape index (κ3) is 9.04. The van der Waals surface area contributed by atoms with Gasteiger partial charge in [-0.25, -0.2) is 0 Å². The van der Waals surface area contributed by atoms with Crippen molar-refractivity contribution in [3.8, 4) is 0 Å². The monoisotopic (exact) mass is 186 g/mol. The highest BCUT2D eigenvalue weighted by atomic mass is 16.7. The number of nitrogens with one attached hydrogen (secondary N) is 1. The van der Waals surface area contributed by atoms with Crippen LogP contribution >= 0.6 is 0 Å². The average molecular weight is 186 g/mol. The molecule has 0 saturated carbocycles. The van der Waals surface area contributed by atoms with Gasteiger partial charge in [-0.05, 0) is 26.8 Å². The zero-order chi connectivity index (χ0) is 9.94. The zero-order valence-electron chi connectivity index (χ0n) is 8.49. The quantitative estimate of drug-likeness (QED) is 0.729. The molecule has 0 bridgehead atoms. The average Bonchev–Trinajstić information content (AvgIpc) is 2.61. The first-order chi connectivity index (χ1) is 6.31. The van der Waals surface area contributed by atoms with E-state index in [0.717, 1.165) is 13.2 Å². The smallest absolute Gasteiger partial charge is 0.154 e. The van der Waals surface area contributed by atoms with Gasteiger partial charge in [0, 0.05) is 25.6 Å². The minimum atomic E-state index is -0.0370. The number of H-pyrrole nitrogens is 1. The van der Waals surface area contributed by atoms with E-state index in [9.17, 15) is 0 Å². The summed E-state index contributed by atoms with van der Waals surface area (Å²) < 4.78 is 10.1. The maximum absolute atomic E-state index is 5.06. The van der Waals surface area contributed by atoms with Crippen LogP contribution in [0.25, 0.3) is 0 Å². The first-order valence-electron chi connectivity index (χ1n) is 4.48. The molecule has 0 radical (unpaired) electrons. The van der Waals surface area contributed by atoms with Gasteiger partial charge in [-0.3, -0.25) is 5.10 Å². The summed E-state index contributed by atoms with van der Waals surface area (Å²) in [5.74, 6) is 0. The van der Waals surface area contributed by atoms with E-state index >= 15 is 0 Å². The lowest BCUT2D eigenvalue weighted by molar-refractivity contribution is -0.123. The molecule has 1 rings (SSSR count). The molecule has 13 heavy (non-hydrogen) atoms. The Balaban J connectivity index is 0.000000243. The SMILES string of the molecule is CCOC(C)OCC.c1cn[nH]c1. The van der Waals surface area contributed by atoms with Crippen LogP contribution in [0, 0.1) is 0 Å². The molecule has 0 aliphatic heterocycles. The predicted molar refractivity (Wildman–Crippen MR) is 51.3 cm³/mol. The number of ether oxygens (including phenoxy) is 2. The van der Waals surface area contributed by atoms with Gasteiger partial charge in [0.1, 0.15) is 0 Å². The van der Waals surface area contributed by atoms with Crippen molar-refractivity contribution in [1.29, 1.82) is 0 Å². The Morgan fingerprint density at radius 3 is 2.15 bits per heavy atom. The molecule has 0 spiro atoms. The van der Waals surface area contributed by atoms with Gasteiger partial charge in [-0.15, -0.1) is 0 Å². The summed E-state index contributed by atoms with van der Waals surface area (Å²) in [4.78, 5) is 0. The molecule has 76 valence electrons. The second-order valence-electron chi connectivity index (χ2n) is 2.24. The molecule has 1 aromatic rings. The molecule has 0 aliphatic rings. The van der Waals surface area contributed by atoms with E-state index in [0.29, 0.717) is 0 Å². The first-order valence-corrected chi connectivity index (χ1v) is 4.48. The molecule has 0 atom stereocenters. The van der Waals surface area contributed by atoms with Crippen LogP contribution < -0.4 is 0 Å². The summed E-state index contributed by atoms with van der Waals surface area (Å²) in [6, 6.07) is 1.83. The van der Waals surface area contributed by atoms with Crippen molar-refractivity contribution in [2.45, 2.75) is 27.1 Å². The van der Waals surface area contributed by atoms with Crippen molar-refractivity contribution < 1.29 is 9.47 Å². The van der Waals surface area contributed by atoms with Crippen LogP contribution in [0.1, 0.15) is 20.8 Å². The summed E-state index contributed by atoms with van der Waals surface area (Å²) in [5, 5.41) is 6.21. The summed E-state index contributed by atoms with van der Waals surface area (Å²) in [6.45, 7) is 7.25. The van der Waals surface area contributed by atoms with Gasteiger partial charge in [-0.1, -0.05) is 0 Å². The molecule has 0 aromatic carbocycles. The molecule has 0 amide bonds. The molecule has 0 fully saturated rings. The van der Waals surface area contributed by atoms with E-state index in [4.69, 9.17) is 9.47 Å². The number of aromatic amines is 1. The Morgan fingerprint density at radius 1 is 1.31 bits per heavy atom. The molecular formula is C9H18N2O2. The normalized spacial score (nSPS) is 9.54. The molecule has 4 heteroatoms. The summed E-state index contributed by atoms with van der Waals surface area (Å²) in [5.41, 5.74) is 0. The van der Waals surface area contributed by atoms with E-state index in [-0.39, 0.29) is 6.29 Å². The van der Waals surface area contributed by atoms with E-state index in [1.165, 1.54) is 0 Å². The Hall–Kier alpha value is -0.870. The Morgan fingerprint density at radius 2 is 1.92 bits per heavy atom. The van der Waals surface area contributed by atoms with Crippen LogP contribution in [0.2, 0.25) is 0 Å². The fraction of sp³-hybridized carbons (Fsp3) is 0.667. The molecule has 0 unspecified atom stereocenters. The maximum atomic E-state index is 5.06. The first kappa shape index (κ1) is 12.1. The van der Waals surface area contributed by atoms with Gasteiger partial charge in [0.15, 0.2) is 6.29 Å². The molecule has 0 saturated heterocycles. The number of hydrogen-bond donors (Lipinski definition) is 1. The van der Waals surface area contributed by atoms with Crippen molar-refractivity contribution >= 4 is 0 Å². The minimum Gasteiger partial charge on any atom is -0.353 e. The summed E-state index contributed by atoms with van der Waals surface area (Å²) in [7, 11) is 0. The number of rotatable bonds is 4. The van der Waals surface area contributed by atoms with Crippen LogP contribution in [0.4, 0.5) is 0 Å². The van der Waals surface area contributed by atoms with E-state index in [2.05, 4.69) is 10.2 Å². The summed E-state index contributed by atoms with van der Waals surface area (Å²) in [6.07, 6.45) is 3.42. The van der Waals surface area contributed by atoms with Gasteiger partial charge >= 0.3 is 0 Å². The van der Waals surface area contributed by atoms with Crippen molar-refractivity contribution in [3.05, 3.63) is 18.5 Å². The fourth-order valence-corrected chi connectivity index (χ4v) is 0.733. The Labute approximate surface area is 79.3 Å². The lowest BCUT2D eigenvalue weighted by Gasteiger charge is -2.09. The molecule has 4 nitrogen and oxygen atoms in total. The second kappa shape index (κ2) is 9.22. The van der Waals surface area contributed by atoms with Crippen LogP contribution in [-0.2, 0) is 9.47 Å². The maximum Gasteiger partial charge on any atom is 0.154 e. The number of aromatic nitrogens is 2. The Kier molecular flexibility index (Phi) is 8.60. The number of nitrogens with zero attached hydrogens (tertiary/aromatic N) is 1. The highest BCUT2D eigenvalue weighted by Crippen LogP contribution is 1.90. The standard InChI is InChI=1S/C6H14O2.C3H4N2/c1-4-7-6(3)8-5-2;1-2-4-5-3-1/h6H,4-5H2,1-3H3;1-3H,(H,4,5). The third-order valence-corrected chi connectivity index (χ3v) is 1.21. The van der Waals surface area contributed by atoms with E-state index in [1.54, 1.807) is 12.4 Å². The molecule has 0 aliphatic carbocycles. The molecular weight excluding hydrogens is 168 g/mol. The van der Waals surface area contributed by atoms with Crippen LogP contribution in [0.15, 0.2) is 18.5 Å². The van der Waals surface area contributed by atoms with Crippen LogP contribution in [0.3, 0.4) is 0 Å². The number of hydrogen-bond acceptors (Lipinski definition) is 3. The fourth-order valence-electron chi connectivity index (χ4n) is 0.733. The highest BCUT2D eigenvalue weighted by molar-refractivity contribution is 4.72. The Bertz CT molecular complexity index is 143. The van der Waals surface area contributed by atoms with Crippen molar-refractivity contribution in [3.63, 3.8) is 0 Å². The van der Waals surface area contributed by atoms with Crippen LogP contribution in [-0.4, -0.2) is 29.7 Å². The zero-order valence-corrected chi connectivity index (χ0v) is 8.49. The predicted octanol–water partition coefficient (Wildman–Crippen LogP) is 1.82. The van der Waals surface area contributed by atoms with Gasteiger partial charge < -0.3 is 9.47 Å². The van der Waals surface area contributed by atoms with E-state index < -0.39 is 0 Å². The van der Waals surface area contributed by atoms with E-state index in [1.807, 2.05) is 26.8 Å². The molecule has 1 aromatic heterocycles.